The van der Waals surface area contributed by atoms with E-state index < -0.39 is 0 Å². The van der Waals surface area contributed by atoms with Gasteiger partial charge in [0.15, 0.2) is 5.78 Å². The summed E-state index contributed by atoms with van der Waals surface area (Å²) in [5.41, 5.74) is 2.76. The minimum atomic E-state index is 0.150. The number of carbonyl (C=O) groups is 1. The van der Waals surface area contributed by atoms with Crippen LogP contribution in [0.2, 0.25) is 0 Å². The summed E-state index contributed by atoms with van der Waals surface area (Å²) in [4.78, 5) is 14.8. The molecule has 0 N–H and O–H groups in total. The number of likely N-dealkylation sites (tertiary alicyclic amines) is 1. The molecular weight excluding hydrogens is 350 g/mol. The van der Waals surface area contributed by atoms with E-state index >= 15 is 0 Å². The van der Waals surface area contributed by atoms with Gasteiger partial charge in [0, 0.05) is 13.0 Å². The van der Waals surface area contributed by atoms with Crippen molar-refractivity contribution < 1.29 is 14.3 Å². The predicted octanol–water partition coefficient (Wildman–Crippen LogP) is 4.64. The van der Waals surface area contributed by atoms with Crippen LogP contribution in [0.15, 0.2) is 48.5 Å². The summed E-state index contributed by atoms with van der Waals surface area (Å²) in [6, 6.07) is 16.0. The smallest absolute Gasteiger partial charge is 0.170 e. The summed E-state index contributed by atoms with van der Waals surface area (Å²) in [5, 5.41) is 0. The van der Waals surface area contributed by atoms with E-state index in [9.17, 15) is 4.79 Å². The molecular formula is C24H31NO3. The molecule has 1 heterocycles. The molecule has 3 rings (SSSR count). The van der Waals surface area contributed by atoms with Gasteiger partial charge in [-0.3, -0.25) is 9.69 Å². The lowest BCUT2D eigenvalue weighted by Crippen LogP contribution is -2.34. The fourth-order valence-corrected chi connectivity index (χ4v) is 3.72. The highest BCUT2D eigenvalue weighted by molar-refractivity contribution is 5.80. The van der Waals surface area contributed by atoms with Crippen LogP contribution in [0, 0.1) is 12.8 Å². The van der Waals surface area contributed by atoms with Crippen molar-refractivity contribution in [3.05, 3.63) is 59.7 Å². The Hall–Kier alpha value is -2.33. The maximum absolute atomic E-state index is 12.3. The third-order valence-electron chi connectivity index (χ3n) is 5.41. The number of aryl methyl sites for hydroxylation is 1. The zero-order chi connectivity index (χ0) is 19.8. The molecule has 0 amide bonds. The lowest BCUT2D eigenvalue weighted by atomic mass is 9.91. The molecule has 0 saturated carbocycles. The summed E-state index contributed by atoms with van der Waals surface area (Å²) in [6.07, 6.45) is 2.79. The van der Waals surface area contributed by atoms with E-state index in [-0.39, 0.29) is 12.4 Å². The summed E-state index contributed by atoms with van der Waals surface area (Å²) in [5.74, 6) is 2.19. The molecule has 0 aliphatic carbocycles. The lowest BCUT2D eigenvalue weighted by molar-refractivity contribution is -0.122. The van der Waals surface area contributed by atoms with Crippen LogP contribution in [-0.4, -0.2) is 37.0 Å². The second-order valence-electron chi connectivity index (χ2n) is 7.58. The van der Waals surface area contributed by atoms with Gasteiger partial charge >= 0.3 is 0 Å². The molecule has 1 fully saturated rings. The number of hydrogen-bond donors (Lipinski definition) is 0. The number of benzene rings is 2. The highest BCUT2D eigenvalue weighted by Gasteiger charge is 2.22. The zero-order valence-corrected chi connectivity index (χ0v) is 17.0. The molecule has 0 spiro atoms. The Kier molecular flexibility index (Phi) is 7.49. The van der Waals surface area contributed by atoms with Crippen molar-refractivity contribution in [2.45, 2.75) is 39.7 Å². The van der Waals surface area contributed by atoms with E-state index in [0.717, 1.165) is 38.2 Å². The van der Waals surface area contributed by atoms with Crippen LogP contribution < -0.4 is 9.47 Å². The molecule has 0 aromatic heterocycles. The third-order valence-corrected chi connectivity index (χ3v) is 5.41. The third kappa shape index (κ3) is 6.10. The van der Waals surface area contributed by atoms with Gasteiger partial charge in [-0.15, -0.1) is 0 Å². The first-order chi connectivity index (χ1) is 13.6. The van der Waals surface area contributed by atoms with Crippen molar-refractivity contribution in [2.75, 3.05) is 26.3 Å². The maximum atomic E-state index is 12.3. The van der Waals surface area contributed by atoms with E-state index in [1.54, 1.807) is 0 Å². The fraction of sp³-hybridized carbons (Fsp3) is 0.458. The first-order valence-corrected chi connectivity index (χ1v) is 10.3. The Bertz CT molecular complexity index is 749. The van der Waals surface area contributed by atoms with E-state index in [1.807, 2.05) is 31.2 Å². The normalized spacial score (nSPS) is 15.4. The number of carbonyl (C=O) groups excluding carboxylic acids is 1. The van der Waals surface area contributed by atoms with Gasteiger partial charge in [-0.25, -0.2) is 0 Å². The van der Waals surface area contributed by atoms with Gasteiger partial charge in [0.2, 0.25) is 0 Å². The van der Waals surface area contributed by atoms with Crippen molar-refractivity contribution in [1.82, 2.24) is 4.90 Å². The molecule has 4 heteroatoms. The average molecular weight is 382 g/mol. The van der Waals surface area contributed by atoms with Gasteiger partial charge in [-0.05, 0) is 81.1 Å². The van der Waals surface area contributed by atoms with E-state index in [1.165, 1.54) is 11.1 Å². The second-order valence-corrected chi connectivity index (χ2v) is 7.58. The van der Waals surface area contributed by atoms with Crippen molar-refractivity contribution in [3.63, 3.8) is 0 Å². The first-order valence-electron chi connectivity index (χ1n) is 10.3. The molecule has 0 radical (unpaired) electrons. The van der Waals surface area contributed by atoms with E-state index in [0.29, 0.717) is 24.7 Å². The molecule has 2 aromatic carbocycles. The molecule has 1 aliphatic heterocycles. The van der Waals surface area contributed by atoms with Crippen LogP contribution in [0.1, 0.15) is 37.3 Å². The quantitative estimate of drug-likeness (QED) is 0.634. The van der Waals surface area contributed by atoms with Gasteiger partial charge in [-0.2, -0.15) is 0 Å². The van der Waals surface area contributed by atoms with Crippen LogP contribution >= 0.6 is 0 Å². The fourth-order valence-electron chi connectivity index (χ4n) is 3.72. The SMILES string of the molecule is CCOc1ccc(OCC(=O)CC2CCN(Cc3ccccc3C)CC2)cc1. The number of ketones is 1. The molecule has 150 valence electrons. The van der Waals surface area contributed by atoms with Gasteiger partial charge in [0.05, 0.1) is 6.61 Å². The van der Waals surface area contributed by atoms with Crippen LogP contribution in [0.25, 0.3) is 0 Å². The van der Waals surface area contributed by atoms with Crippen molar-refractivity contribution in [3.8, 4) is 11.5 Å². The molecule has 1 saturated heterocycles. The van der Waals surface area contributed by atoms with Crippen molar-refractivity contribution >= 4 is 5.78 Å². The van der Waals surface area contributed by atoms with Gasteiger partial charge in [0.25, 0.3) is 0 Å². The van der Waals surface area contributed by atoms with Gasteiger partial charge in [0.1, 0.15) is 18.1 Å². The standard InChI is InChI=1S/C24H31NO3/c1-3-27-23-8-10-24(11-9-23)28-18-22(26)16-20-12-14-25(15-13-20)17-21-7-5-4-6-19(21)2/h4-11,20H,3,12-18H2,1-2H3. The van der Waals surface area contributed by atoms with Crippen molar-refractivity contribution in [2.24, 2.45) is 5.92 Å². The van der Waals surface area contributed by atoms with Gasteiger partial charge < -0.3 is 9.47 Å². The molecule has 0 bridgehead atoms. The second kappa shape index (κ2) is 10.3. The molecule has 28 heavy (non-hydrogen) atoms. The minimum absolute atomic E-state index is 0.150. The number of ether oxygens (including phenoxy) is 2. The largest absolute Gasteiger partial charge is 0.494 e. The number of piperidine rings is 1. The summed E-state index contributed by atoms with van der Waals surface area (Å²) < 4.78 is 11.1. The number of nitrogens with zero attached hydrogens (tertiary/aromatic N) is 1. The zero-order valence-electron chi connectivity index (χ0n) is 17.0. The molecule has 0 atom stereocenters. The lowest BCUT2D eigenvalue weighted by Gasteiger charge is -2.32. The average Bonchev–Trinajstić information content (AvgIpc) is 2.71. The molecule has 1 aliphatic rings. The first kappa shape index (κ1) is 20.4. The highest BCUT2D eigenvalue weighted by atomic mass is 16.5. The van der Waals surface area contributed by atoms with E-state index in [4.69, 9.17) is 9.47 Å². The molecule has 0 unspecified atom stereocenters. The predicted molar refractivity (Wildman–Crippen MR) is 112 cm³/mol. The minimum Gasteiger partial charge on any atom is -0.494 e. The van der Waals surface area contributed by atoms with Crippen LogP contribution in [-0.2, 0) is 11.3 Å². The van der Waals surface area contributed by atoms with Crippen LogP contribution in [0.5, 0.6) is 11.5 Å². The molecule has 2 aromatic rings. The van der Waals surface area contributed by atoms with Crippen molar-refractivity contribution in [1.29, 1.82) is 0 Å². The van der Waals surface area contributed by atoms with Gasteiger partial charge in [-0.1, -0.05) is 24.3 Å². The Labute approximate surface area is 168 Å². The Morgan fingerprint density at radius 2 is 1.64 bits per heavy atom. The van der Waals surface area contributed by atoms with Crippen LogP contribution in [0.4, 0.5) is 0 Å². The monoisotopic (exact) mass is 381 g/mol. The molecule has 4 nitrogen and oxygen atoms in total. The summed E-state index contributed by atoms with van der Waals surface area (Å²) in [6.45, 7) is 8.05. The Morgan fingerprint density at radius 3 is 2.29 bits per heavy atom. The topological polar surface area (TPSA) is 38.8 Å². The Morgan fingerprint density at radius 1 is 1.00 bits per heavy atom. The van der Waals surface area contributed by atoms with Crippen LogP contribution in [0.3, 0.4) is 0 Å². The highest BCUT2D eigenvalue weighted by Crippen LogP contribution is 2.23. The number of Topliss-reactive ketones (excluding diaryl/α,β-unsaturated/α-hetero) is 1. The number of hydrogen-bond acceptors (Lipinski definition) is 4. The van der Waals surface area contributed by atoms with E-state index in [2.05, 4.69) is 36.1 Å². The number of rotatable bonds is 9. The Balaban J connectivity index is 1.37. The summed E-state index contributed by atoms with van der Waals surface area (Å²) >= 11 is 0. The maximum Gasteiger partial charge on any atom is 0.170 e. The summed E-state index contributed by atoms with van der Waals surface area (Å²) in [7, 11) is 0.